The van der Waals surface area contributed by atoms with Crippen molar-refractivity contribution in [1.82, 2.24) is 9.88 Å². The van der Waals surface area contributed by atoms with Gasteiger partial charge in [0.25, 0.3) is 5.91 Å². The first-order valence-corrected chi connectivity index (χ1v) is 10.9. The van der Waals surface area contributed by atoms with Crippen LogP contribution in [-0.2, 0) is 9.53 Å². The van der Waals surface area contributed by atoms with Crippen molar-refractivity contribution in [2.75, 3.05) is 26.3 Å². The summed E-state index contributed by atoms with van der Waals surface area (Å²) in [5, 5.41) is 7.12. The summed E-state index contributed by atoms with van der Waals surface area (Å²) in [5.74, 6) is -0.732. The predicted molar refractivity (Wildman–Crippen MR) is 113 cm³/mol. The summed E-state index contributed by atoms with van der Waals surface area (Å²) in [6, 6.07) is 5.56. The second-order valence-corrected chi connectivity index (χ2v) is 8.21. The molecule has 0 saturated carbocycles. The van der Waals surface area contributed by atoms with Gasteiger partial charge in [-0.1, -0.05) is 0 Å². The monoisotopic (exact) mass is 484 g/mol. The van der Waals surface area contributed by atoms with Crippen molar-refractivity contribution in [3.8, 4) is 5.75 Å². The summed E-state index contributed by atoms with van der Waals surface area (Å²) in [7, 11) is 0. The summed E-state index contributed by atoms with van der Waals surface area (Å²) < 4.78 is 49.1. The highest BCUT2D eigenvalue weighted by molar-refractivity contribution is 5.95. The molecule has 2 aliphatic heterocycles. The Morgan fingerprint density at radius 2 is 2.00 bits per heavy atom. The van der Waals surface area contributed by atoms with Crippen molar-refractivity contribution in [2.24, 2.45) is 5.92 Å². The lowest BCUT2D eigenvalue weighted by molar-refractivity contribution is -0.192. The highest BCUT2D eigenvalue weighted by atomic mass is 19.4. The third-order valence-electron chi connectivity index (χ3n) is 6.20. The van der Waals surface area contributed by atoms with Gasteiger partial charge in [-0.25, -0.2) is 4.79 Å². The highest BCUT2D eigenvalue weighted by Crippen LogP contribution is 2.42. The largest absolute Gasteiger partial charge is 0.492 e. The number of carboxylic acid groups (broad SMARTS) is 1. The molecule has 4 rings (SSSR count). The fourth-order valence-electron chi connectivity index (χ4n) is 4.36. The van der Waals surface area contributed by atoms with Crippen LogP contribution in [0.15, 0.2) is 41.3 Å². The molecule has 11 heteroatoms. The fraction of sp³-hybridized carbons (Fsp3) is 0.522. The van der Waals surface area contributed by atoms with Crippen molar-refractivity contribution in [2.45, 2.75) is 44.4 Å². The van der Waals surface area contributed by atoms with Gasteiger partial charge in [-0.05, 0) is 56.7 Å². The molecule has 2 fully saturated rings. The Bertz CT molecular complexity index is 955. The molecule has 4 heterocycles. The van der Waals surface area contributed by atoms with Gasteiger partial charge in [0, 0.05) is 25.9 Å². The van der Waals surface area contributed by atoms with Crippen LogP contribution in [0.25, 0.3) is 0 Å². The molecule has 2 aromatic rings. The van der Waals surface area contributed by atoms with Crippen LogP contribution in [0.1, 0.15) is 41.8 Å². The summed E-state index contributed by atoms with van der Waals surface area (Å²) in [5.41, 5.74) is 0.556. The van der Waals surface area contributed by atoms with Crippen LogP contribution in [0.2, 0.25) is 0 Å². The Labute approximate surface area is 194 Å². The zero-order valence-electron chi connectivity index (χ0n) is 18.7. The molecule has 1 N–H and O–H groups in total. The number of halogens is 3. The van der Waals surface area contributed by atoms with E-state index in [1.807, 2.05) is 24.0 Å². The van der Waals surface area contributed by atoms with E-state index in [1.54, 1.807) is 24.7 Å². The number of aryl methyl sites for hydroxylation is 1. The predicted octanol–water partition coefficient (Wildman–Crippen LogP) is 4.10. The number of piperidine rings is 1. The Hall–Kier alpha value is -3.08. The van der Waals surface area contributed by atoms with Crippen LogP contribution >= 0.6 is 0 Å². The smallest absolute Gasteiger partial charge is 0.490 e. The minimum atomic E-state index is -5.08. The molecule has 0 aromatic carbocycles. The van der Waals surface area contributed by atoms with Gasteiger partial charge in [-0.15, -0.1) is 0 Å². The molecular weight excluding hydrogens is 457 g/mol. The second-order valence-electron chi connectivity index (χ2n) is 8.21. The number of ether oxygens (including phenoxy) is 2. The SMILES string of the molecule is Cc1occc1C(=O)N1CCC2(CC1)OCCC2CCOc1cccnc1.O=C(O)C(F)(F)F. The molecule has 1 amide bonds. The molecule has 1 atom stereocenters. The summed E-state index contributed by atoms with van der Waals surface area (Å²) in [4.78, 5) is 27.6. The second kappa shape index (κ2) is 10.9. The van der Waals surface area contributed by atoms with Gasteiger partial charge in [-0.2, -0.15) is 13.2 Å². The van der Waals surface area contributed by atoms with E-state index in [2.05, 4.69) is 4.98 Å². The highest BCUT2D eigenvalue weighted by Gasteiger charge is 2.46. The van der Waals surface area contributed by atoms with E-state index < -0.39 is 12.1 Å². The van der Waals surface area contributed by atoms with Gasteiger partial charge >= 0.3 is 12.1 Å². The fourth-order valence-corrected chi connectivity index (χ4v) is 4.36. The zero-order valence-corrected chi connectivity index (χ0v) is 18.7. The molecule has 2 aromatic heterocycles. The lowest BCUT2D eigenvalue weighted by Gasteiger charge is -2.42. The van der Waals surface area contributed by atoms with Crippen molar-refractivity contribution in [1.29, 1.82) is 0 Å². The van der Waals surface area contributed by atoms with Crippen molar-refractivity contribution < 1.29 is 41.8 Å². The average molecular weight is 484 g/mol. The normalized spacial score (nSPS) is 19.4. The van der Waals surface area contributed by atoms with Gasteiger partial charge in [0.2, 0.25) is 0 Å². The number of alkyl halides is 3. The minimum absolute atomic E-state index is 0.0607. The van der Waals surface area contributed by atoms with E-state index in [0.29, 0.717) is 23.8 Å². The van der Waals surface area contributed by atoms with Crippen LogP contribution in [0, 0.1) is 12.8 Å². The maximum Gasteiger partial charge on any atom is 0.490 e. The number of furan rings is 1. The number of nitrogens with zero attached hydrogens (tertiary/aromatic N) is 2. The molecule has 0 radical (unpaired) electrons. The van der Waals surface area contributed by atoms with Crippen molar-refractivity contribution >= 4 is 11.9 Å². The van der Waals surface area contributed by atoms with Crippen LogP contribution < -0.4 is 4.74 Å². The van der Waals surface area contributed by atoms with Gasteiger partial charge in [0.05, 0.1) is 30.2 Å². The van der Waals surface area contributed by atoms with Crippen molar-refractivity contribution in [3.63, 3.8) is 0 Å². The number of amides is 1. The number of hydrogen-bond acceptors (Lipinski definition) is 6. The van der Waals surface area contributed by atoms with Gasteiger partial charge in [0.15, 0.2) is 0 Å². The Balaban J connectivity index is 0.000000406. The van der Waals surface area contributed by atoms with E-state index in [9.17, 15) is 18.0 Å². The third kappa shape index (κ3) is 6.28. The molecular formula is C23H27F3N2O6. The van der Waals surface area contributed by atoms with E-state index in [0.717, 1.165) is 51.1 Å². The number of pyridine rings is 1. The van der Waals surface area contributed by atoms with E-state index in [1.165, 1.54) is 0 Å². The van der Waals surface area contributed by atoms with Crippen LogP contribution in [0.3, 0.4) is 0 Å². The van der Waals surface area contributed by atoms with Crippen LogP contribution in [-0.4, -0.2) is 64.9 Å². The third-order valence-corrected chi connectivity index (χ3v) is 6.20. The van der Waals surface area contributed by atoms with Crippen LogP contribution in [0.4, 0.5) is 13.2 Å². The number of hydrogen-bond donors (Lipinski definition) is 1. The zero-order chi connectivity index (χ0) is 24.8. The molecule has 0 aliphatic carbocycles. The first-order chi connectivity index (χ1) is 16.1. The summed E-state index contributed by atoms with van der Waals surface area (Å²) >= 11 is 0. The van der Waals surface area contributed by atoms with E-state index in [-0.39, 0.29) is 11.5 Å². The number of likely N-dealkylation sites (tertiary alicyclic amines) is 1. The maximum absolute atomic E-state index is 12.7. The van der Waals surface area contributed by atoms with Gasteiger partial charge < -0.3 is 23.9 Å². The minimum Gasteiger partial charge on any atom is -0.492 e. The number of carbonyl (C=O) groups excluding carboxylic acids is 1. The lowest BCUT2D eigenvalue weighted by Crippen LogP contribution is -2.49. The number of aromatic nitrogens is 1. The molecule has 1 unspecified atom stereocenters. The molecule has 0 bridgehead atoms. The summed E-state index contributed by atoms with van der Waals surface area (Å²) in [6.07, 6.45) is 3.76. The molecule has 2 aliphatic rings. The molecule has 8 nitrogen and oxygen atoms in total. The number of aliphatic carboxylic acids is 1. The quantitative estimate of drug-likeness (QED) is 0.682. The standard InChI is InChI=1S/C21H26N2O4.C2HF3O2/c1-16-19(6-13-25-16)20(24)23-10-7-21(8-11-23)17(5-14-27-21)4-12-26-18-3-2-9-22-15-18;3-2(4,5)1(6)7/h2-3,6,9,13,15,17H,4-5,7-8,10-12,14H2,1H3;(H,6,7). The molecule has 2 saturated heterocycles. The molecule has 1 spiro atoms. The number of rotatable bonds is 5. The Morgan fingerprint density at radius 1 is 1.29 bits per heavy atom. The van der Waals surface area contributed by atoms with Crippen LogP contribution in [0.5, 0.6) is 5.75 Å². The van der Waals surface area contributed by atoms with E-state index in [4.69, 9.17) is 23.8 Å². The molecule has 34 heavy (non-hydrogen) atoms. The van der Waals surface area contributed by atoms with E-state index >= 15 is 0 Å². The topological polar surface area (TPSA) is 102 Å². The first kappa shape index (κ1) is 25.5. The Morgan fingerprint density at radius 3 is 2.56 bits per heavy atom. The van der Waals surface area contributed by atoms with Gasteiger partial charge in [-0.3, -0.25) is 9.78 Å². The number of carbonyl (C=O) groups is 2. The first-order valence-electron chi connectivity index (χ1n) is 10.9. The van der Waals surface area contributed by atoms with Gasteiger partial charge in [0.1, 0.15) is 11.5 Å². The Kier molecular flexibility index (Phi) is 8.19. The summed E-state index contributed by atoms with van der Waals surface area (Å²) in [6.45, 7) is 4.74. The average Bonchev–Trinajstić information content (AvgIpc) is 3.40. The maximum atomic E-state index is 12.7. The number of carboxylic acids is 1. The molecule has 186 valence electrons. The lowest BCUT2D eigenvalue weighted by atomic mass is 9.78. The van der Waals surface area contributed by atoms with Crippen molar-refractivity contribution in [3.05, 3.63) is 48.2 Å².